The highest BCUT2D eigenvalue weighted by atomic mass is 16.5. The molecule has 0 aliphatic carbocycles. The third-order valence-corrected chi connectivity index (χ3v) is 1.81. The molecule has 0 bridgehead atoms. The lowest BCUT2D eigenvalue weighted by atomic mass is 10.5. The van der Waals surface area contributed by atoms with Gasteiger partial charge in [-0.05, 0) is 6.42 Å². The quantitative estimate of drug-likeness (QED) is 0.799. The van der Waals surface area contributed by atoms with Crippen molar-refractivity contribution in [2.45, 2.75) is 13.3 Å². The van der Waals surface area contributed by atoms with Crippen molar-refractivity contribution in [3.63, 3.8) is 0 Å². The Morgan fingerprint density at radius 2 is 2.00 bits per heavy atom. The molecule has 9 nitrogen and oxygen atoms in total. The number of ether oxygens (including phenoxy) is 2. The summed E-state index contributed by atoms with van der Waals surface area (Å²) in [6.07, 6.45) is 2.33. The van der Waals surface area contributed by atoms with Gasteiger partial charge in [-0.1, -0.05) is 6.92 Å². The Bertz CT molecular complexity index is 527. The summed E-state index contributed by atoms with van der Waals surface area (Å²) in [6, 6.07) is 0.250. The Kier molecular flexibility index (Phi) is 3.51. The first-order valence-corrected chi connectivity index (χ1v) is 5.35. The van der Waals surface area contributed by atoms with Gasteiger partial charge < -0.3 is 15.2 Å². The molecular weight excluding hydrogens is 238 g/mol. The van der Waals surface area contributed by atoms with Crippen LogP contribution in [0.3, 0.4) is 0 Å². The van der Waals surface area contributed by atoms with E-state index in [0.717, 1.165) is 6.42 Å². The van der Waals surface area contributed by atoms with E-state index in [2.05, 4.69) is 25.0 Å². The second-order valence-electron chi connectivity index (χ2n) is 3.41. The van der Waals surface area contributed by atoms with Crippen molar-refractivity contribution in [2.24, 2.45) is 7.05 Å². The van der Waals surface area contributed by atoms with Crippen LogP contribution >= 0.6 is 0 Å². The molecule has 2 aromatic rings. The lowest BCUT2D eigenvalue weighted by molar-refractivity contribution is 0.284. The summed E-state index contributed by atoms with van der Waals surface area (Å²) in [6.45, 7) is 2.46. The van der Waals surface area contributed by atoms with E-state index in [1.807, 2.05) is 6.92 Å². The molecule has 0 fully saturated rings. The predicted molar refractivity (Wildman–Crippen MR) is 61.1 cm³/mol. The zero-order valence-electron chi connectivity index (χ0n) is 10.1. The topological polar surface area (TPSA) is 114 Å². The van der Waals surface area contributed by atoms with Gasteiger partial charge in [0.2, 0.25) is 5.95 Å². The molecule has 2 rings (SSSR count). The number of rotatable bonds is 5. The van der Waals surface area contributed by atoms with Gasteiger partial charge in [-0.15, -0.1) is 10.1 Å². The number of nitrogens with zero attached hydrogens (tertiary/aromatic N) is 6. The first-order valence-electron chi connectivity index (χ1n) is 5.35. The summed E-state index contributed by atoms with van der Waals surface area (Å²) in [5, 5.41) is 3.93. The van der Waals surface area contributed by atoms with E-state index >= 15 is 0 Å². The highest BCUT2D eigenvalue weighted by molar-refractivity contribution is 5.21. The number of hydrogen-bond donors (Lipinski definition) is 1. The Balaban J connectivity index is 2.14. The number of nitrogens with two attached hydrogens (primary N) is 1. The molecule has 9 heteroatoms. The highest BCUT2D eigenvalue weighted by Crippen LogP contribution is 2.15. The number of aromatic nitrogens is 6. The summed E-state index contributed by atoms with van der Waals surface area (Å²) < 4.78 is 12.0. The van der Waals surface area contributed by atoms with Gasteiger partial charge in [0.25, 0.3) is 0 Å². The van der Waals surface area contributed by atoms with Crippen LogP contribution < -0.4 is 15.2 Å². The van der Waals surface area contributed by atoms with E-state index in [1.54, 1.807) is 7.05 Å². The van der Waals surface area contributed by atoms with Crippen LogP contribution in [0.5, 0.6) is 18.0 Å². The average Bonchev–Trinajstić information content (AvgIpc) is 2.71. The van der Waals surface area contributed by atoms with Gasteiger partial charge >= 0.3 is 18.0 Å². The molecular formula is C9H13N7O2. The van der Waals surface area contributed by atoms with Gasteiger partial charge in [0.05, 0.1) is 6.61 Å². The Hall–Kier alpha value is -2.45. The summed E-state index contributed by atoms with van der Waals surface area (Å²) in [5.41, 5.74) is 5.52. The van der Waals surface area contributed by atoms with Gasteiger partial charge in [-0.2, -0.15) is 15.0 Å². The molecule has 0 unspecified atom stereocenters. The van der Waals surface area contributed by atoms with Crippen LogP contribution in [0.15, 0.2) is 6.33 Å². The Labute approximate surface area is 103 Å². The molecule has 0 aliphatic heterocycles. The first kappa shape index (κ1) is 12.0. The van der Waals surface area contributed by atoms with Gasteiger partial charge in [-0.25, -0.2) is 0 Å². The number of aryl methyl sites for hydroxylation is 1. The summed E-state index contributed by atoms with van der Waals surface area (Å²) in [4.78, 5) is 15.5. The molecule has 2 heterocycles. The second kappa shape index (κ2) is 5.25. The number of nitrogen functional groups attached to an aromatic ring is 1. The van der Waals surface area contributed by atoms with Crippen molar-refractivity contribution >= 4 is 5.95 Å². The predicted octanol–water partition coefficient (Wildman–Crippen LogP) is 0.163. The van der Waals surface area contributed by atoms with Crippen LogP contribution in [0.1, 0.15) is 13.3 Å². The number of anilines is 1. The molecule has 0 saturated carbocycles. The van der Waals surface area contributed by atoms with Crippen molar-refractivity contribution < 1.29 is 9.47 Å². The third kappa shape index (κ3) is 3.03. The normalized spacial score (nSPS) is 10.3. The highest BCUT2D eigenvalue weighted by Gasteiger charge is 2.09. The molecule has 0 atom stereocenters. The van der Waals surface area contributed by atoms with Gasteiger partial charge in [-0.3, -0.25) is 4.68 Å². The smallest absolute Gasteiger partial charge is 0.343 e. The maximum Gasteiger partial charge on any atom is 0.343 e. The molecule has 2 N–H and O–H groups in total. The zero-order chi connectivity index (χ0) is 13.0. The molecule has 0 radical (unpaired) electrons. The molecule has 0 aromatic carbocycles. The van der Waals surface area contributed by atoms with E-state index in [0.29, 0.717) is 6.61 Å². The fourth-order valence-corrected chi connectivity index (χ4v) is 1.10. The van der Waals surface area contributed by atoms with Crippen LogP contribution in [-0.2, 0) is 7.05 Å². The largest absolute Gasteiger partial charge is 0.463 e. The second-order valence-corrected chi connectivity index (χ2v) is 3.41. The molecule has 0 aliphatic rings. The minimum absolute atomic E-state index is 0.000182. The van der Waals surface area contributed by atoms with E-state index in [4.69, 9.17) is 15.2 Å². The van der Waals surface area contributed by atoms with Gasteiger partial charge in [0.15, 0.2) is 0 Å². The number of hydrogen-bond acceptors (Lipinski definition) is 8. The monoisotopic (exact) mass is 251 g/mol. The molecule has 0 amide bonds. The van der Waals surface area contributed by atoms with Crippen LogP contribution in [0.25, 0.3) is 0 Å². The fourth-order valence-electron chi connectivity index (χ4n) is 1.10. The summed E-state index contributed by atoms with van der Waals surface area (Å²) >= 11 is 0. The van der Waals surface area contributed by atoms with Crippen molar-refractivity contribution in [3.8, 4) is 18.0 Å². The van der Waals surface area contributed by atoms with E-state index < -0.39 is 0 Å². The van der Waals surface area contributed by atoms with E-state index in [9.17, 15) is 0 Å². The maximum absolute atomic E-state index is 5.52. The van der Waals surface area contributed by atoms with Crippen molar-refractivity contribution in [3.05, 3.63) is 6.33 Å². The minimum atomic E-state index is -0.000182. The van der Waals surface area contributed by atoms with Crippen LogP contribution in [0.2, 0.25) is 0 Å². The van der Waals surface area contributed by atoms with Gasteiger partial charge in [0, 0.05) is 7.05 Å². The molecule has 0 spiro atoms. The van der Waals surface area contributed by atoms with Crippen molar-refractivity contribution in [1.82, 2.24) is 29.7 Å². The van der Waals surface area contributed by atoms with Gasteiger partial charge in [0.1, 0.15) is 6.33 Å². The fraction of sp³-hybridized carbons (Fsp3) is 0.444. The van der Waals surface area contributed by atoms with E-state index in [1.165, 1.54) is 11.0 Å². The van der Waals surface area contributed by atoms with Crippen molar-refractivity contribution in [1.29, 1.82) is 0 Å². The maximum atomic E-state index is 5.52. The Morgan fingerprint density at radius 1 is 1.22 bits per heavy atom. The van der Waals surface area contributed by atoms with E-state index in [-0.39, 0.29) is 24.0 Å². The third-order valence-electron chi connectivity index (χ3n) is 1.81. The lowest BCUT2D eigenvalue weighted by Gasteiger charge is -2.04. The lowest BCUT2D eigenvalue weighted by Crippen LogP contribution is -2.06. The molecule has 2 aromatic heterocycles. The molecule has 96 valence electrons. The summed E-state index contributed by atoms with van der Waals surface area (Å²) in [5.74, 6) is 0.0158. The van der Waals surface area contributed by atoms with Crippen LogP contribution in [0, 0.1) is 0 Å². The summed E-state index contributed by atoms with van der Waals surface area (Å²) in [7, 11) is 1.72. The molecule has 18 heavy (non-hydrogen) atoms. The van der Waals surface area contributed by atoms with Crippen LogP contribution in [-0.4, -0.2) is 36.3 Å². The average molecular weight is 251 g/mol. The molecule has 0 saturated heterocycles. The van der Waals surface area contributed by atoms with Crippen LogP contribution in [0.4, 0.5) is 5.95 Å². The Morgan fingerprint density at radius 3 is 2.67 bits per heavy atom. The minimum Gasteiger partial charge on any atom is -0.463 e. The SMILES string of the molecule is CCCOc1nc(N)nc(Oc2ncn(C)n2)n1. The first-order chi connectivity index (χ1) is 8.67. The zero-order valence-corrected chi connectivity index (χ0v) is 10.1. The van der Waals surface area contributed by atoms with Crippen molar-refractivity contribution in [2.75, 3.05) is 12.3 Å². The standard InChI is InChI=1S/C9H13N7O2/c1-3-4-17-8-12-6(10)13-9(14-8)18-7-11-5-16(2)15-7/h5H,3-4H2,1-2H3,(H2,10,12,13,14).